The maximum atomic E-state index is 12.4. The molecular formula is C12H13F3N2O. The van der Waals surface area contributed by atoms with Crippen molar-refractivity contribution in [2.75, 3.05) is 11.4 Å². The number of aromatic nitrogens is 1. The lowest BCUT2D eigenvalue weighted by Gasteiger charge is -2.20. The summed E-state index contributed by atoms with van der Waals surface area (Å²) in [5.41, 5.74) is -0.497. The van der Waals surface area contributed by atoms with Gasteiger partial charge in [-0.1, -0.05) is 6.42 Å². The summed E-state index contributed by atoms with van der Waals surface area (Å²) in [4.78, 5) is 16.7. The van der Waals surface area contributed by atoms with E-state index in [2.05, 4.69) is 4.98 Å². The van der Waals surface area contributed by atoms with Gasteiger partial charge in [0.2, 0.25) is 5.91 Å². The van der Waals surface area contributed by atoms with Crippen LogP contribution in [0.15, 0.2) is 18.3 Å². The van der Waals surface area contributed by atoms with Gasteiger partial charge in [0.05, 0.1) is 11.9 Å². The molecule has 0 N–H and O–H groups in total. The summed E-state index contributed by atoms with van der Waals surface area (Å²) in [6.45, 7) is 0.547. The molecule has 1 aliphatic heterocycles. The molecule has 0 spiro atoms. The molecule has 18 heavy (non-hydrogen) atoms. The lowest BCUT2D eigenvalue weighted by molar-refractivity contribution is -0.141. The van der Waals surface area contributed by atoms with Crippen LogP contribution in [0.25, 0.3) is 0 Å². The summed E-state index contributed by atoms with van der Waals surface area (Å²) in [5, 5.41) is 0. The third-order valence-electron chi connectivity index (χ3n) is 2.92. The number of anilines is 1. The average molecular weight is 258 g/mol. The second-order valence-corrected chi connectivity index (χ2v) is 4.26. The van der Waals surface area contributed by atoms with Gasteiger partial charge >= 0.3 is 6.18 Å². The highest BCUT2D eigenvalue weighted by Gasteiger charge is 2.32. The third-order valence-corrected chi connectivity index (χ3v) is 2.92. The van der Waals surface area contributed by atoms with Crippen LogP contribution in [0.4, 0.5) is 18.9 Å². The summed E-state index contributed by atoms with van der Waals surface area (Å²) in [6, 6.07) is 2.21. The minimum atomic E-state index is -4.44. The molecule has 3 nitrogen and oxygen atoms in total. The van der Waals surface area contributed by atoms with E-state index in [1.54, 1.807) is 0 Å². The molecule has 0 aliphatic carbocycles. The summed E-state index contributed by atoms with van der Waals surface area (Å²) < 4.78 is 37.1. The molecule has 1 aromatic heterocycles. The molecule has 1 aliphatic rings. The van der Waals surface area contributed by atoms with Gasteiger partial charge < -0.3 is 4.90 Å². The summed E-state index contributed by atoms with van der Waals surface area (Å²) in [5.74, 6) is -0.0472. The molecule has 1 saturated heterocycles. The zero-order valence-electron chi connectivity index (χ0n) is 9.70. The Morgan fingerprint density at radius 2 is 1.94 bits per heavy atom. The van der Waals surface area contributed by atoms with Gasteiger partial charge in [-0.05, 0) is 25.0 Å². The number of halogens is 3. The number of rotatable bonds is 1. The van der Waals surface area contributed by atoms with Crippen LogP contribution in [-0.4, -0.2) is 17.4 Å². The van der Waals surface area contributed by atoms with E-state index in [9.17, 15) is 18.0 Å². The number of amides is 1. The predicted molar refractivity (Wildman–Crippen MR) is 60.1 cm³/mol. The molecule has 1 fully saturated rings. The molecule has 98 valence electrons. The Morgan fingerprint density at radius 3 is 2.56 bits per heavy atom. The van der Waals surface area contributed by atoms with Crippen molar-refractivity contribution < 1.29 is 18.0 Å². The number of carbonyl (C=O) groups is 1. The van der Waals surface area contributed by atoms with Gasteiger partial charge in [0.1, 0.15) is 5.69 Å². The molecule has 0 bridgehead atoms. The van der Waals surface area contributed by atoms with Crippen LogP contribution in [0.5, 0.6) is 0 Å². The number of alkyl halides is 3. The van der Waals surface area contributed by atoms with E-state index in [0.29, 0.717) is 18.7 Å². The Kier molecular flexibility index (Phi) is 3.54. The zero-order chi connectivity index (χ0) is 13.2. The SMILES string of the molecule is O=C1CCCCCN1c1ccc(C(F)(F)F)nc1. The van der Waals surface area contributed by atoms with E-state index in [1.165, 1.54) is 11.0 Å². The van der Waals surface area contributed by atoms with Crippen LogP contribution in [0.1, 0.15) is 31.4 Å². The zero-order valence-corrected chi connectivity index (χ0v) is 9.70. The molecule has 2 heterocycles. The lowest BCUT2D eigenvalue weighted by Crippen LogP contribution is -2.30. The Balaban J connectivity index is 2.20. The molecule has 1 aromatic rings. The smallest absolute Gasteiger partial charge is 0.311 e. The van der Waals surface area contributed by atoms with Crippen molar-refractivity contribution in [2.24, 2.45) is 0 Å². The van der Waals surface area contributed by atoms with Gasteiger partial charge in [-0.25, -0.2) is 4.98 Å². The average Bonchev–Trinajstić information content (AvgIpc) is 2.53. The first-order valence-corrected chi connectivity index (χ1v) is 5.82. The standard InChI is InChI=1S/C12H13F3N2O/c13-12(14,15)10-6-5-9(8-16-10)17-7-3-1-2-4-11(17)18/h5-6,8H,1-4,7H2. The van der Waals surface area contributed by atoms with Crippen molar-refractivity contribution in [3.8, 4) is 0 Å². The summed E-state index contributed by atoms with van der Waals surface area (Å²) >= 11 is 0. The van der Waals surface area contributed by atoms with Crippen LogP contribution in [0.3, 0.4) is 0 Å². The van der Waals surface area contributed by atoms with E-state index in [0.717, 1.165) is 31.5 Å². The quantitative estimate of drug-likeness (QED) is 0.775. The van der Waals surface area contributed by atoms with E-state index in [4.69, 9.17) is 0 Å². The normalized spacial score (nSPS) is 17.7. The van der Waals surface area contributed by atoms with Gasteiger partial charge in [-0.2, -0.15) is 13.2 Å². The van der Waals surface area contributed by atoms with Gasteiger partial charge in [0, 0.05) is 13.0 Å². The minimum absolute atomic E-state index is 0.0472. The number of carbonyl (C=O) groups excluding carboxylic acids is 1. The van der Waals surface area contributed by atoms with Crippen LogP contribution >= 0.6 is 0 Å². The lowest BCUT2D eigenvalue weighted by atomic mass is 10.2. The van der Waals surface area contributed by atoms with Crippen molar-refractivity contribution in [3.63, 3.8) is 0 Å². The second-order valence-electron chi connectivity index (χ2n) is 4.26. The van der Waals surface area contributed by atoms with Crippen molar-refractivity contribution in [2.45, 2.75) is 31.9 Å². The third kappa shape index (κ3) is 2.80. The maximum absolute atomic E-state index is 12.4. The fourth-order valence-electron chi connectivity index (χ4n) is 1.97. The Hall–Kier alpha value is -1.59. The van der Waals surface area contributed by atoms with Crippen molar-refractivity contribution in [1.29, 1.82) is 0 Å². The Morgan fingerprint density at radius 1 is 1.17 bits per heavy atom. The predicted octanol–water partition coefficient (Wildman–Crippen LogP) is 3.01. The first kappa shape index (κ1) is 12.9. The topological polar surface area (TPSA) is 33.2 Å². The first-order chi connectivity index (χ1) is 8.48. The fraction of sp³-hybridized carbons (Fsp3) is 0.500. The summed E-state index contributed by atoms with van der Waals surface area (Å²) in [7, 11) is 0. The second kappa shape index (κ2) is 4.96. The largest absolute Gasteiger partial charge is 0.433 e. The molecule has 2 rings (SSSR count). The van der Waals surface area contributed by atoms with Crippen molar-refractivity contribution in [1.82, 2.24) is 4.98 Å². The fourth-order valence-corrected chi connectivity index (χ4v) is 1.97. The molecule has 0 saturated carbocycles. The van der Waals surface area contributed by atoms with Gasteiger partial charge in [-0.15, -0.1) is 0 Å². The molecule has 0 aromatic carbocycles. The highest BCUT2D eigenvalue weighted by atomic mass is 19.4. The molecule has 6 heteroatoms. The van der Waals surface area contributed by atoms with Crippen LogP contribution < -0.4 is 4.90 Å². The van der Waals surface area contributed by atoms with E-state index < -0.39 is 11.9 Å². The van der Waals surface area contributed by atoms with Crippen LogP contribution in [-0.2, 0) is 11.0 Å². The molecule has 0 radical (unpaired) electrons. The van der Waals surface area contributed by atoms with Crippen LogP contribution in [0.2, 0.25) is 0 Å². The van der Waals surface area contributed by atoms with Gasteiger partial charge in [0.25, 0.3) is 0 Å². The summed E-state index contributed by atoms with van der Waals surface area (Å²) in [6.07, 6.45) is -0.207. The molecule has 0 atom stereocenters. The number of hydrogen-bond donors (Lipinski definition) is 0. The highest BCUT2D eigenvalue weighted by molar-refractivity contribution is 5.93. The Bertz CT molecular complexity index is 428. The maximum Gasteiger partial charge on any atom is 0.433 e. The van der Waals surface area contributed by atoms with E-state index in [1.807, 2.05) is 0 Å². The minimum Gasteiger partial charge on any atom is -0.311 e. The first-order valence-electron chi connectivity index (χ1n) is 5.82. The highest BCUT2D eigenvalue weighted by Crippen LogP contribution is 2.29. The van der Waals surface area contributed by atoms with Crippen molar-refractivity contribution in [3.05, 3.63) is 24.0 Å². The number of hydrogen-bond acceptors (Lipinski definition) is 2. The van der Waals surface area contributed by atoms with Crippen LogP contribution in [0, 0.1) is 0 Å². The monoisotopic (exact) mass is 258 g/mol. The van der Waals surface area contributed by atoms with Crippen molar-refractivity contribution >= 4 is 11.6 Å². The molecule has 1 amide bonds. The number of nitrogens with zero attached hydrogens (tertiary/aromatic N) is 2. The van der Waals surface area contributed by atoms with Gasteiger partial charge in [-0.3, -0.25) is 4.79 Å². The Labute approximate surface area is 103 Å². The number of pyridine rings is 1. The molecular weight excluding hydrogens is 245 g/mol. The van der Waals surface area contributed by atoms with Gasteiger partial charge in [0.15, 0.2) is 0 Å². The van der Waals surface area contributed by atoms with E-state index in [-0.39, 0.29) is 5.91 Å². The van der Waals surface area contributed by atoms with E-state index >= 15 is 0 Å². The molecule has 0 unspecified atom stereocenters.